The highest BCUT2D eigenvalue weighted by molar-refractivity contribution is 5.88. The molecule has 14 heavy (non-hydrogen) atoms. The summed E-state index contributed by atoms with van der Waals surface area (Å²) in [5.41, 5.74) is 0.630. The molecule has 1 atom stereocenters. The number of hydrogen-bond donors (Lipinski definition) is 3. The van der Waals surface area contributed by atoms with Crippen LogP contribution in [0.4, 0.5) is 5.69 Å². The molecule has 1 rings (SSSR count). The topological polar surface area (TPSA) is 86.6 Å². The molecular weight excluding hydrogens is 186 g/mol. The first-order valence-electron chi connectivity index (χ1n) is 3.87. The minimum atomic E-state index is -1.27. The van der Waals surface area contributed by atoms with Crippen molar-refractivity contribution >= 4 is 17.9 Å². The lowest BCUT2D eigenvalue weighted by molar-refractivity contribution is -0.113. The Kier molecular flexibility index (Phi) is 3.19. The molecule has 0 bridgehead atoms. The number of nitrogens with one attached hydrogen (secondary N) is 1. The van der Waals surface area contributed by atoms with E-state index in [2.05, 4.69) is 5.32 Å². The molecule has 5 heteroatoms. The lowest BCUT2D eigenvalue weighted by atomic mass is 10.2. The number of carbonyl (C=O) groups is 2. The highest BCUT2D eigenvalue weighted by Gasteiger charge is 2.03. The Morgan fingerprint density at radius 2 is 1.93 bits per heavy atom. The number of carboxylic acids is 1. The molecule has 1 aromatic rings. The summed E-state index contributed by atoms with van der Waals surface area (Å²) >= 11 is 0. The van der Waals surface area contributed by atoms with Gasteiger partial charge in [0.2, 0.25) is 0 Å². The normalized spacial score (nSPS) is 11.8. The molecule has 0 aliphatic carbocycles. The average Bonchev–Trinajstić information content (AvgIpc) is 2.18. The largest absolute Gasteiger partial charge is 0.478 e. The van der Waals surface area contributed by atoms with Gasteiger partial charge in [0.05, 0.1) is 5.56 Å². The highest BCUT2D eigenvalue weighted by atomic mass is 16.4. The maximum absolute atomic E-state index is 10.5. The van der Waals surface area contributed by atoms with Crippen LogP contribution >= 0.6 is 0 Å². The van der Waals surface area contributed by atoms with Gasteiger partial charge in [-0.3, -0.25) is 4.79 Å². The first-order chi connectivity index (χ1) is 6.63. The summed E-state index contributed by atoms with van der Waals surface area (Å²) in [5, 5.41) is 19.9. The number of benzene rings is 1. The van der Waals surface area contributed by atoms with Crippen LogP contribution in [0.3, 0.4) is 0 Å². The smallest absolute Gasteiger partial charge is 0.335 e. The number of rotatable bonds is 4. The van der Waals surface area contributed by atoms with E-state index in [1.54, 1.807) is 0 Å². The van der Waals surface area contributed by atoms with Crippen LogP contribution in [0.25, 0.3) is 0 Å². The summed E-state index contributed by atoms with van der Waals surface area (Å²) in [6.07, 6.45) is -0.934. The Bertz CT molecular complexity index is 333. The van der Waals surface area contributed by atoms with Crippen molar-refractivity contribution in [3.63, 3.8) is 0 Å². The zero-order chi connectivity index (χ0) is 10.6. The molecule has 0 amide bonds. The van der Waals surface area contributed by atoms with Gasteiger partial charge in [-0.2, -0.15) is 0 Å². The van der Waals surface area contributed by atoms with Crippen LogP contribution in [0.1, 0.15) is 10.4 Å². The predicted molar refractivity (Wildman–Crippen MR) is 49.1 cm³/mol. The highest BCUT2D eigenvalue weighted by Crippen LogP contribution is 2.09. The van der Waals surface area contributed by atoms with Crippen molar-refractivity contribution in [2.24, 2.45) is 0 Å². The fourth-order valence-corrected chi connectivity index (χ4v) is 0.914. The first-order valence-corrected chi connectivity index (χ1v) is 3.87. The van der Waals surface area contributed by atoms with Crippen molar-refractivity contribution in [3.8, 4) is 0 Å². The zero-order valence-electron chi connectivity index (χ0n) is 7.18. The van der Waals surface area contributed by atoms with Gasteiger partial charge >= 0.3 is 5.97 Å². The number of aromatic carboxylic acids is 1. The van der Waals surface area contributed by atoms with Crippen LogP contribution in [0.5, 0.6) is 0 Å². The molecule has 0 aliphatic rings. The van der Waals surface area contributed by atoms with Gasteiger partial charge in [0, 0.05) is 5.69 Å². The van der Waals surface area contributed by atoms with Crippen molar-refractivity contribution in [1.29, 1.82) is 0 Å². The van der Waals surface area contributed by atoms with E-state index in [1.807, 2.05) is 0 Å². The molecule has 1 aromatic carbocycles. The average molecular weight is 195 g/mol. The minimum absolute atomic E-state index is 0.149. The van der Waals surface area contributed by atoms with E-state index in [1.165, 1.54) is 24.3 Å². The second-order valence-corrected chi connectivity index (χ2v) is 2.61. The Morgan fingerprint density at radius 1 is 1.36 bits per heavy atom. The fourth-order valence-electron chi connectivity index (χ4n) is 0.914. The van der Waals surface area contributed by atoms with Gasteiger partial charge in [-0.15, -0.1) is 0 Å². The molecule has 0 aliphatic heterocycles. The van der Waals surface area contributed by atoms with Crippen LogP contribution < -0.4 is 5.32 Å². The van der Waals surface area contributed by atoms with Crippen LogP contribution in [0.2, 0.25) is 0 Å². The van der Waals surface area contributed by atoms with E-state index >= 15 is 0 Å². The Labute approximate surface area is 80.0 Å². The third-order valence-electron chi connectivity index (χ3n) is 1.58. The lowest BCUT2D eigenvalue weighted by Crippen LogP contribution is -2.19. The predicted octanol–water partition coefficient (Wildman–Crippen LogP) is 0.314. The van der Waals surface area contributed by atoms with Gasteiger partial charge < -0.3 is 15.5 Å². The van der Waals surface area contributed by atoms with E-state index < -0.39 is 12.2 Å². The number of hydrogen-bond acceptors (Lipinski definition) is 4. The summed E-state index contributed by atoms with van der Waals surface area (Å²) in [6, 6.07) is 5.69. The SMILES string of the molecule is O=CC(O)Nc1ccc(C(=O)O)cc1. The second kappa shape index (κ2) is 4.38. The standard InChI is InChI=1S/C9H9NO4/c11-5-8(12)10-7-3-1-6(2-4-7)9(13)14/h1-5,8,10,12H,(H,13,14). The Hall–Kier alpha value is -1.88. The first kappa shape index (κ1) is 10.2. The molecule has 0 spiro atoms. The van der Waals surface area contributed by atoms with Crippen molar-refractivity contribution in [3.05, 3.63) is 29.8 Å². The maximum Gasteiger partial charge on any atom is 0.335 e. The second-order valence-electron chi connectivity index (χ2n) is 2.61. The number of carboxylic acid groups (broad SMARTS) is 1. The molecule has 1 unspecified atom stereocenters. The number of aliphatic hydroxyl groups excluding tert-OH is 1. The van der Waals surface area contributed by atoms with Gasteiger partial charge in [-0.05, 0) is 24.3 Å². The molecule has 0 aromatic heterocycles. The molecule has 5 nitrogen and oxygen atoms in total. The van der Waals surface area contributed by atoms with Crippen molar-refractivity contribution < 1.29 is 19.8 Å². The maximum atomic E-state index is 10.5. The summed E-state index contributed by atoms with van der Waals surface area (Å²) < 4.78 is 0. The summed E-state index contributed by atoms with van der Waals surface area (Å²) in [4.78, 5) is 20.5. The molecule has 0 saturated carbocycles. The molecule has 74 valence electrons. The summed E-state index contributed by atoms with van der Waals surface area (Å²) in [6.45, 7) is 0. The van der Waals surface area contributed by atoms with E-state index in [9.17, 15) is 9.59 Å². The fraction of sp³-hybridized carbons (Fsp3) is 0.111. The molecule has 0 heterocycles. The molecular formula is C9H9NO4. The monoisotopic (exact) mass is 195 g/mol. The number of carbonyl (C=O) groups excluding carboxylic acids is 1. The van der Waals surface area contributed by atoms with Gasteiger partial charge in [0.25, 0.3) is 0 Å². The third-order valence-corrected chi connectivity index (χ3v) is 1.58. The van der Waals surface area contributed by atoms with Crippen LogP contribution in [0, 0.1) is 0 Å². The van der Waals surface area contributed by atoms with E-state index in [0.717, 1.165) is 0 Å². The number of aldehydes is 1. The zero-order valence-corrected chi connectivity index (χ0v) is 7.18. The number of aliphatic hydroxyl groups is 1. The van der Waals surface area contributed by atoms with Crippen LogP contribution in [-0.2, 0) is 4.79 Å². The van der Waals surface area contributed by atoms with Gasteiger partial charge in [-0.1, -0.05) is 0 Å². The van der Waals surface area contributed by atoms with Gasteiger partial charge in [-0.25, -0.2) is 4.79 Å². The summed E-state index contributed by atoms with van der Waals surface area (Å²) in [5.74, 6) is -1.02. The van der Waals surface area contributed by atoms with E-state index in [4.69, 9.17) is 10.2 Å². The number of anilines is 1. The lowest BCUT2D eigenvalue weighted by Gasteiger charge is -2.07. The van der Waals surface area contributed by atoms with Gasteiger partial charge in [0.15, 0.2) is 12.5 Å². The van der Waals surface area contributed by atoms with Crippen LogP contribution in [0.15, 0.2) is 24.3 Å². The molecule has 0 radical (unpaired) electrons. The minimum Gasteiger partial charge on any atom is -0.478 e. The molecule has 3 N–H and O–H groups in total. The van der Waals surface area contributed by atoms with Gasteiger partial charge in [0.1, 0.15) is 0 Å². The Morgan fingerprint density at radius 3 is 2.36 bits per heavy atom. The van der Waals surface area contributed by atoms with Crippen molar-refractivity contribution in [1.82, 2.24) is 0 Å². The van der Waals surface area contributed by atoms with Crippen molar-refractivity contribution in [2.45, 2.75) is 6.23 Å². The summed E-state index contributed by atoms with van der Waals surface area (Å²) in [7, 11) is 0. The van der Waals surface area contributed by atoms with E-state index in [0.29, 0.717) is 12.0 Å². The quantitative estimate of drug-likeness (QED) is 0.475. The van der Waals surface area contributed by atoms with E-state index in [-0.39, 0.29) is 5.56 Å². The molecule has 0 saturated heterocycles. The van der Waals surface area contributed by atoms with Crippen LogP contribution in [-0.4, -0.2) is 28.7 Å². The Balaban J connectivity index is 2.73. The molecule has 0 fully saturated rings. The van der Waals surface area contributed by atoms with Crippen molar-refractivity contribution in [2.75, 3.05) is 5.32 Å². The third kappa shape index (κ3) is 2.56.